The normalized spacial score (nSPS) is 12.3. The first-order valence-corrected chi connectivity index (χ1v) is 6.64. The third kappa shape index (κ3) is 5.30. The quantitative estimate of drug-likeness (QED) is 0.897. The van der Waals surface area contributed by atoms with Crippen molar-refractivity contribution in [3.05, 3.63) is 54.4 Å². The second-order valence-corrected chi connectivity index (χ2v) is 4.88. The average molecular weight is 342 g/mol. The number of hydrogen-bond acceptors (Lipinski definition) is 3. The predicted molar refractivity (Wildman–Crippen MR) is 94.4 cm³/mol. The smallest absolute Gasteiger partial charge is 0.237 e. The molecule has 0 aliphatic rings. The molecular formula is C16H21Cl2N3O. The Labute approximate surface area is 143 Å². The van der Waals surface area contributed by atoms with E-state index in [2.05, 4.69) is 10.3 Å². The van der Waals surface area contributed by atoms with Crippen molar-refractivity contribution >= 4 is 30.7 Å². The molecule has 0 bridgehead atoms. The largest absolute Gasteiger partial charge is 0.348 e. The molecule has 1 heterocycles. The van der Waals surface area contributed by atoms with Crippen molar-refractivity contribution in [3.8, 4) is 11.1 Å². The Balaban J connectivity index is 0.00000220. The number of nitrogens with one attached hydrogen (secondary N) is 1. The van der Waals surface area contributed by atoms with Gasteiger partial charge in [0.25, 0.3) is 0 Å². The molecule has 2 atom stereocenters. The molecule has 0 saturated carbocycles. The number of aromatic nitrogens is 1. The number of carbonyl (C=O) groups is 1. The average Bonchev–Trinajstić information content (AvgIpc) is 2.48. The first kappa shape index (κ1) is 20.4. The topological polar surface area (TPSA) is 68.0 Å². The maximum absolute atomic E-state index is 11.6. The number of amides is 1. The maximum Gasteiger partial charge on any atom is 0.237 e. The van der Waals surface area contributed by atoms with Gasteiger partial charge in [0.15, 0.2) is 0 Å². The van der Waals surface area contributed by atoms with Crippen LogP contribution >= 0.6 is 24.8 Å². The van der Waals surface area contributed by atoms with Gasteiger partial charge in [0.2, 0.25) is 5.91 Å². The molecule has 0 fully saturated rings. The highest BCUT2D eigenvalue weighted by Crippen LogP contribution is 2.21. The lowest BCUT2D eigenvalue weighted by Gasteiger charge is -2.16. The molecule has 6 heteroatoms. The number of pyridine rings is 1. The number of hydrogen-bond donors (Lipinski definition) is 2. The van der Waals surface area contributed by atoms with Crippen LogP contribution in [0.3, 0.4) is 0 Å². The summed E-state index contributed by atoms with van der Waals surface area (Å²) in [4.78, 5) is 15.7. The van der Waals surface area contributed by atoms with Crippen molar-refractivity contribution in [2.24, 2.45) is 5.73 Å². The lowest BCUT2D eigenvalue weighted by molar-refractivity contribution is -0.122. The van der Waals surface area contributed by atoms with Crippen molar-refractivity contribution < 1.29 is 4.79 Å². The molecule has 0 radical (unpaired) electrons. The van der Waals surface area contributed by atoms with Gasteiger partial charge in [-0.05, 0) is 36.6 Å². The van der Waals surface area contributed by atoms with Gasteiger partial charge in [0, 0.05) is 12.4 Å². The molecule has 1 aromatic carbocycles. The van der Waals surface area contributed by atoms with E-state index in [4.69, 9.17) is 5.73 Å². The van der Waals surface area contributed by atoms with Crippen molar-refractivity contribution in [3.63, 3.8) is 0 Å². The first-order chi connectivity index (χ1) is 9.58. The van der Waals surface area contributed by atoms with Crippen molar-refractivity contribution in [1.82, 2.24) is 10.3 Å². The molecule has 22 heavy (non-hydrogen) atoms. The second kappa shape index (κ2) is 9.41. The predicted octanol–water partition coefficient (Wildman–Crippen LogP) is 3.12. The summed E-state index contributed by atoms with van der Waals surface area (Å²) in [6.45, 7) is 3.62. The Kier molecular flexibility index (Phi) is 8.72. The number of halogens is 2. The van der Waals surface area contributed by atoms with E-state index in [0.29, 0.717) is 0 Å². The Bertz CT molecular complexity index is 574. The fourth-order valence-electron chi connectivity index (χ4n) is 1.93. The molecule has 0 aliphatic heterocycles. The van der Waals surface area contributed by atoms with Crippen LogP contribution in [-0.4, -0.2) is 16.9 Å². The van der Waals surface area contributed by atoms with Crippen LogP contribution in [0.25, 0.3) is 11.1 Å². The van der Waals surface area contributed by atoms with Crippen molar-refractivity contribution in [2.75, 3.05) is 0 Å². The van der Waals surface area contributed by atoms with Crippen LogP contribution in [0.4, 0.5) is 0 Å². The van der Waals surface area contributed by atoms with Crippen molar-refractivity contribution in [1.29, 1.82) is 0 Å². The van der Waals surface area contributed by atoms with E-state index in [9.17, 15) is 4.79 Å². The SMILES string of the molecule is CC(NC(=O)[C@@H](C)N)c1ccc(-c2cccnc2)cc1.Cl.Cl. The number of nitrogens with two attached hydrogens (primary N) is 1. The van der Waals surface area contributed by atoms with Gasteiger partial charge in [-0.3, -0.25) is 9.78 Å². The highest BCUT2D eigenvalue weighted by Gasteiger charge is 2.12. The van der Waals surface area contributed by atoms with Gasteiger partial charge in [-0.15, -0.1) is 24.8 Å². The Hall–Kier alpha value is -1.62. The Morgan fingerprint density at radius 2 is 1.73 bits per heavy atom. The minimum atomic E-state index is -0.493. The zero-order chi connectivity index (χ0) is 14.5. The van der Waals surface area contributed by atoms with E-state index >= 15 is 0 Å². The molecule has 2 aromatic rings. The standard InChI is InChI=1S/C16H19N3O.2ClH/c1-11(17)16(20)19-12(2)13-5-7-14(8-6-13)15-4-3-9-18-10-15;;/h3-12H,17H2,1-2H3,(H,19,20);2*1H/t11-,12?;;/m1../s1. The summed E-state index contributed by atoms with van der Waals surface area (Å²) in [6, 6.07) is 11.5. The second-order valence-electron chi connectivity index (χ2n) is 4.88. The zero-order valence-electron chi connectivity index (χ0n) is 12.5. The van der Waals surface area contributed by atoms with Gasteiger partial charge in [-0.25, -0.2) is 0 Å². The van der Waals surface area contributed by atoms with Gasteiger partial charge in [0.1, 0.15) is 0 Å². The van der Waals surface area contributed by atoms with Crippen LogP contribution in [0.2, 0.25) is 0 Å². The van der Waals surface area contributed by atoms with Gasteiger partial charge in [-0.2, -0.15) is 0 Å². The molecule has 0 saturated heterocycles. The van der Waals surface area contributed by atoms with Crippen LogP contribution in [0.1, 0.15) is 25.5 Å². The van der Waals surface area contributed by atoms with Gasteiger partial charge < -0.3 is 11.1 Å². The number of carbonyl (C=O) groups excluding carboxylic acids is 1. The minimum Gasteiger partial charge on any atom is -0.348 e. The van der Waals surface area contributed by atoms with Gasteiger partial charge >= 0.3 is 0 Å². The van der Waals surface area contributed by atoms with Gasteiger partial charge in [0.05, 0.1) is 12.1 Å². The number of nitrogens with zero attached hydrogens (tertiary/aromatic N) is 1. The fourth-order valence-corrected chi connectivity index (χ4v) is 1.93. The molecule has 1 amide bonds. The Morgan fingerprint density at radius 1 is 1.09 bits per heavy atom. The van der Waals surface area contributed by atoms with Crippen molar-refractivity contribution in [2.45, 2.75) is 25.9 Å². The van der Waals surface area contributed by atoms with E-state index in [0.717, 1.165) is 16.7 Å². The van der Waals surface area contributed by atoms with E-state index in [1.54, 1.807) is 13.1 Å². The van der Waals surface area contributed by atoms with Crippen LogP contribution in [-0.2, 0) is 4.79 Å². The maximum atomic E-state index is 11.6. The summed E-state index contributed by atoms with van der Waals surface area (Å²) in [5.74, 6) is -0.145. The third-order valence-corrected chi connectivity index (χ3v) is 3.18. The molecule has 120 valence electrons. The van der Waals surface area contributed by atoms with Crippen LogP contribution in [0, 0.1) is 0 Å². The van der Waals surface area contributed by atoms with E-state index in [1.807, 2.05) is 49.5 Å². The highest BCUT2D eigenvalue weighted by molar-refractivity contribution is 5.85. The molecular weight excluding hydrogens is 321 g/mol. The van der Waals surface area contributed by atoms with E-state index in [-0.39, 0.29) is 36.8 Å². The van der Waals surface area contributed by atoms with Crippen LogP contribution < -0.4 is 11.1 Å². The molecule has 0 aliphatic carbocycles. The number of rotatable bonds is 4. The molecule has 2 rings (SSSR count). The summed E-state index contributed by atoms with van der Waals surface area (Å²) < 4.78 is 0. The molecule has 1 unspecified atom stereocenters. The molecule has 1 aromatic heterocycles. The van der Waals surface area contributed by atoms with E-state index < -0.39 is 6.04 Å². The summed E-state index contributed by atoms with van der Waals surface area (Å²) in [7, 11) is 0. The summed E-state index contributed by atoms with van der Waals surface area (Å²) in [5, 5.41) is 2.88. The number of benzene rings is 1. The summed E-state index contributed by atoms with van der Waals surface area (Å²) >= 11 is 0. The summed E-state index contributed by atoms with van der Waals surface area (Å²) in [5.41, 5.74) is 8.77. The lowest BCUT2D eigenvalue weighted by Crippen LogP contribution is -2.39. The van der Waals surface area contributed by atoms with Crippen LogP contribution in [0.15, 0.2) is 48.8 Å². The molecule has 0 spiro atoms. The highest BCUT2D eigenvalue weighted by atomic mass is 35.5. The lowest BCUT2D eigenvalue weighted by atomic mass is 10.0. The first-order valence-electron chi connectivity index (χ1n) is 6.64. The monoisotopic (exact) mass is 341 g/mol. The summed E-state index contributed by atoms with van der Waals surface area (Å²) in [6.07, 6.45) is 3.58. The fraction of sp³-hybridized carbons (Fsp3) is 0.250. The minimum absolute atomic E-state index is 0. The molecule has 3 N–H and O–H groups in total. The van der Waals surface area contributed by atoms with E-state index in [1.165, 1.54) is 0 Å². The molecule has 4 nitrogen and oxygen atoms in total. The third-order valence-electron chi connectivity index (χ3n) is 3.18. The zero-order valence-corrected chi connectivity index (χ0v) is 14.2. The van der Waals surface area contributed by atoms with Gasteiger partial charge in [-0.1, -0.05) is 30.3 Å². The van der Waals surface area contributed by atoms with Crippen LogP contribution in [0.5, 0.6) is 0 Å². The Morgan fingerprint density at radius 3 is 2.23 bits per heavy atom.